The minimum atomic E-state index is -1.30. The summed E-state index contributed by atoms with van der Waals surface area (Å²) < 4.78 is 15.6. The number of benzene rings is 1. The molecular weight excluding hydrogens is 418 g/mol. The maximum absolute atomic E-state index is 12.7. The molecular formula is C22H33N3O7. The topological polar surface area (TPSA) is 123 Å². The largest absolute Gasteiger partial charge is 0.445 e. The summed E-state index contributed by atoms with van der Waals surface area (Å²) in [6.45, 7) is 11.4. The Balaban J connectivity index is 2.91. The van der Waals surface area contributed by atoms with Crippen LogP contribution in [-0.4, -0.2) is 52.9 Å². The maximum Gasteiger partial charge on any atom is 0.430 e. The van der Waals surface area contributed by atoms with Crippen molar-refractivity contribution in [3.63, 3.8) is 0 Å². The minimum Gasteiger partial charge on any atom is -0.445 e. The van der Waals surface area contributed by atoms with Crippen LogP contribution in [0.15, 0.2) is 30.3 Å². The number of carbonyl (C=O) groups excluding carboxylic acids is 4. The number of nitrogens with zero attached hydrogens (tertiary/aromatic N) is 1. The summed E-state index contributed by atoms with van der Waals surface area (Å²) in [6, 6.07) is 6.80. The van der Waals surface area contributed by atoms with Crippen LogP contribution in [0.3, 0.4) is 0 Å². The van der Waals surface area contributed by atoms with Crippen molar-refractivity contribution in [2.75, 3.05) is 0 Å². The van der Waals surface area contributed by atoms with Crippen molar-refractivity contribution < 1.29 is 33.4 Å². The number of nitrogens with one attached hydrogen (secondary N) is 2. The third kappa shape index (κ3) is 10.1. The predicted molar refractivity (Wildman–Crippen MR) is 117 cm³/mol. The van der Waals surface area contributed by atoms with Crippen LogP contribution in [0.2, 0.25) is 0 Å². The molecule has 10 heteroatoms. The Morgan fingerprint density at radius 3 is 2.03 bits per heavy atom. The molecule has 178 valence electrons. The highest BCUT2D eigenvalue weighted by Crippen LogP contribution is 2.13. The zero-order chi connectivity index (χ0) is 24.5. The summed E-state index contributed by atoms with van der Waals surface area (Å²) in [5, 5.41) is 3.18. The number of hydrogen-bond acceptors (Lipinski definition) is 7. The summed E-state index contributed by atoms with van der Waals surface area (Å²) in [4.78, 5) is 49.0. The van der Waals surface area contributed by atoms with E-state index in [9.17, 15) is 19.2 Å². The number of rotatable bonds is 6. The Kier molecular flexibility index (Phi) is 9.49. The average molecular weight is 452 g/mol. The Morgan fingerprint density at radius 1 is 0.969 bits per heavy atom. The third-order valence-corrected chi connectivity index (χ3v) is 3.71. The Bertz CT molecular complexity index is 785. The monoisotopic (exact) mass is 451 g/mol. The Morgan fingerprint density at radius 2 is 1.53 bits per heavy atom. The lowest BCUT2D eigenvalue weighted by molar-refractivity contribution is -0.114. The number of hydrazine groups is 1. The summed E-state index contributed by atoms with van der Waals surface area (Å²) in [7, 11) is 0. The van der Waals surface area contributed by atoms with Gasteiger partial charge in [-0.15, -0.1) is 0 Å². The zero-order valence-corrected chi connectivity index (χ0v) is 19.6. The number of ether oxygens (including phenoxy) is 3. The van der Waals surface area contributed by atoms with Gasteiger partial charge >= 0.3 is 18.3 Å². The van der Waals surface area contributed by atoms with E-state index in [1.54, 1.807) is 53.7 Å². The summed E-state index contributed by atoms with van der Waals surface area (Å²) in [6.07, 6.45) is -2.35. The lowest BCUT2D eigenvalue weighted by Gasteiger charge is -2.34. The van der Waals surface area contributed by atoms with Crippen molar-refractivity contribution in [2.24, 2.45) is 0 Å². The van der Waals surface area contributed by atoms with Crippen LogP contribution in [0.5, 0.6) is 0 Å². The Labute approximate surface area is 188 Å². The van der Waals surface area contributed by atoms with E-state index in [1.807, 2.05) is 18.2 Å². The molecule has 0 heterocycles. The molecule has 32 heavy (non-hydrogen) atoms. The number of amides is 3. The molecule has 0 spiro atoms. The summed E-state index contributed by atoms with van der Waals surface area (Å²) in [5.74, 6) is 0. The van der Waals surface area contributed by atoms with Crippen LogP contribution in [0, 0.1) is 0 Å². The molecule has 2 atom stereocenters. The molecule has 0 aliphatic heterocycles. The van der Waals surface area contributed by atoms with Crippen molar-refractivity contribution in [3.8, 4) is 0 Å². The van der Waals surface area contributed by atoms with Gasteiger partial charge in [0.05, 0.1) is 6.04 Å². The molecule has 1 aromatic rings. The molecule has 0 aliphatic rings. The van der Waals surface area contributed by atoms with E-state index in [2.05, 4.69) is 10.7 Å². The second-order valence-electron chi connectivity index (χ2n) is 9.09. The van der Waals surface area contributed by atoms with Crippen molar-refractivity contribution in [1.82, 2.24) is 15.8 Å². The molecule has 0 fully saturated rings. The molecule has 0 bridgehead atoms. The quantitative estimate of drug-likeness (QED) is 0.385. The van der Waals surface area contributed by atoms with Crippen LogP contribution < -0.4 is 10.7 Å². The average Bonchev–Trinajstić information content (AvgIpc) is 2.64. The van der Waals surface area contributed by atoms with Crippen molar-refractivity contribution in [2.45, 2.75) is 78.4 Å². The van der Waals surface area contributed by atoms with Crippen molar-refractivity contribution in [1.29, 1.82) is 0 Å². The van der Waals surface area contributed by atoms with Crippen LogP contribution in [-0.2, 0) is 25.6 Å². The molecule has 0 saturated heterocycles. The van der Waals surface area contributed by atoms with E-state index in [0.717, 1.165) is 5.56 Å². The minimum absolute atomic E-state index is 0.0249. The molecule has 2 N–H and O–H groups in total. The molecule has 0 unspecified atom stereocenters. The summed E-state index contributed by atoms with van der Waals surface area (Å²) in [5.41, 5.74) is 1.27. The van der Waals surface area contributed by atoms with E-state index in [0.29, 0.717) is 11.3 Å². The van der Waals surface area contributed by atoms with Gasteiger partial charge in [-0.2, -0.15) is 0 Å². The van der Waals surface area contributed by atoms with E-state index in [1.165, 1.54) is 6.92 Å². The fraction of sp³-hybridized carbons (Fsp3) is 0.545. The lowest BCUT2D eigenvalue weighted by atomic mass is 10.1. The lowest BCUT2D eigenvalue weighted by Crippen LogP contribution is -2.60. The second-order valence-corrected chi connectivity index (χ2v) is 9.09. The number of carbonyl (C=O) groups is 4. The van der Waals surface area contributed by atoms with E-state index in [-0.39, 0.29) is 6.61 Å². The van der Waals surface area contributed by atoms with Gasteiger partial charge in [0.2, 0.25) is 0 Å². The molecule has 0 aliphatic carbocycles. The van der Waals surface area contributed by atoms with Gasteiger partial charge in [-0.05, 0) is 54.0 Å². The van der Waals surface area contributed by atoms with Crippen LogP contribution in [0.1, 0.15) is 54.0 Å². The van der Waals surface area contributed by atoms with Crippen molar-refractivity contribution in [3.05, 3.63) is 35.9 Å². The fourth-order valence-corrected chi connectivity index (χ4v) is 2.39. The van der Waals surface area contributed by atoms with E-state index >= 15 is 0 Å². The molecule has 0 radical (unpaired) electrons. The third-order valence-electron chi connectivity index (χ3n) is 3.71. The molecule has 1 rings (SSSR count). The second kappa shape index (κ2) is 11.4. The molecule has 3 amide bonds. The van der Waals surface area contributed by atoms with E-state index < -0.39 is 41.6 Å². The smallest absolute Gasteiger partial charge is 0.430 e. The number of hydrogen-bond donors (Lipinski definition) is 2. The van der Waals surface area contributed by atoms with Gasteiger partial charge in [0.15, 0.2) is 0 Å². The van der Waals surface area contributed by atoms with Gasteiger partial charge in [-0.3, -0.25) is 0 Å². The first-order valence-electron chi connectivity index (χ1n) is 10.2. The first-order valence-corrected chi connectivity index (χ1v) is 10.2. The van der Waals surface area contributed by atoms with Gasteiger partial charge < -0.3 is 24.3 Å². The Hall–Kier alpha value is -3.30. The summed E-state index contributed by atoms with van der Waals surface area (Å²) >= 11 is 0. The van der Waals surface area contributed by atoms with Crippen molar-refractivity contribution >= 4 is 24.6 Å². The first kappa shape index (κ1) is 26.7. The molecule has 1 aromatic carbocycles. The normalized spacial score (nSPS) is 13.2. The zero-order valence-electron chi connectivity index (χ0n) is 19.6. The first-order chi connectivity index (χ1) is 14.7. The number of aldehydes is 1. The highest BCUT2D eigenvalue weighted by molar-refractivity contribution is 5.79. The van der Waals surface area contributed by atoms with E-state index in [4.69, 9.17) is 14.2 Å². The van der Waals surface area contributed by atoms with Gasteiger partial charge in [-0.25, -0.2) is 24.8 Å². The van der Waals surface area contributed by atoms with Crippen LogP contribution in [0.25, 0.3) is 0 Å². The maximum atomic E-state index is 12.7. The van der Waals surface area contributed by atoms with Gasteiger partial charge in [0.1, 0.15) is 30.1 Å². The van der Waals surface area contributed by atoms with Crippen LogP contribution in [0.4, 0.5) is 14.4 Å². The molecule has 0 aromatic heterocycles. The van der Waals surface area contributed by atoms with Gasteiger partial charge in [-0.1, -0.05) is 30.3 Å². The highest BCUT2D eigenvalue weighted by atomic mass is 16.6. The predicted octanol–water partition coefficient (Wildman–Crippen LogP) is 3.55. The fourth-order valence-electron chi connectivity index (χ4n) is 2.39. The number of alkyl carbamates (subject to hydrolysis) is 1. The molecule has 0 saturated carbocycles. The SMILES string of the molecule is C[C@@H](NC(=O)OCc1ccccc1)[C@H](C=O)N(NC(=O)OC(C)(C)C)C(=O)OC(C)(C)C. The highest BCUT2D eigenvalue weighted by Gasteiger charge is 2.35. The van der Waals surface area contributed by atoms with Crippen LogP contribution >= 0.6 is 0 Å². The van der Waals surface area contributed by atoms with Gasteiger partial charge in [0.25, 0.3) is 0 Å². The molecule has 10 nitrogen and oxygen atoms in total. The van der Waals surface area contributed by atoms with Gasteiger partial charge in [0, 0.05) is 0 Å². The standard InChI is InChI=1S/C22H33N3O7/c1-15(23-18(27)30-14-16-11-9-8-10-12-16)17(13-26)25(20(29)32-22(5,6)7)24-19(28)31-21(2,3)4/h8-13,15,17H,14H2,1-7H3,(H,23,27)(H,24,28)/t15-,17+/m1/s1.